The second-order valence-electron chi connectivity index (χ2n) is 7.95. The van der Waals surface area contributed by atoms with Gasteiger partial charge in [-0.05, 0) is 6.92 Å². The van der Waals surface area contributed by atoms with Crippen molar-refractivity contribution < 1.29 is 48.0 Å². The number of carbonyl (C=O) groups is 3. The van der Waals surface area contributed by atoms with Crippen molar-refractivity contribution in [3.8, 4) is 5.75 Å². The maximum Gasteiger partial charge on any atom is 0.429 e. The van der Waals surface area contributed by atoms with Gasteiger partial charge in [-0.3, -0.25) is 19.6 Å². The van der Waals surface area contributed by atoms with Gasteiger partial charge in [-0.2, -0.15) is 9.36 Å². The number of carbonyl (C=O) groups excluding carboxylic acids is 3. The van der Waals surface area contributed by atoms with Crippen LogP contribution < -0.4 is 24.8 Å². The van der Waals surface area contributed by atoms with E-state index in [2.05, 4.69) is 19.8 Å². The number of aromatic nitrogens is 3. The number of β-lactam (4-membered cyclic amide) rings is 1. The molecular weight excluding hydrogens is 577 g/mol. The zero-order valence-electron chi connectivity index (χ0n) is 20.3. The summed E-state index contributed by atoms with van der Waals surface area (Å²) in [5.41, 5.74) is -0.235. The second kappa shape index (κ2) is 11.7. The molecule has 1 unspecified atom stereocenters. The number of aliphatic carboxylic acids is 1. The molecule has 2 aliphatic heterocycles. The minimum Gasteiger partial charge on any atom is -0.543 e. The predicted octanol–water partition coefficient (Wildman–Crippen LogP) is -1.82. The molecule has 1 saturated heterocycles. The van der Waals surface area contributed by atoms with Gasteiger partial charge in [0.2, 0.25) is 16.7 Å². The lowest BCUT2D eigenvalue weighted by atomic mass is 10.0. The molecule has 19 heteroatoms. The number of thioether (sulfide) groups is 1. The van der Waals surface area contributed by atoms with Crippen LogP contribution in [-0.2, 0) is 30.3 Å². The molecule has 208 valence electrons. The largest absolute Gasteiger partial charge is 0.543 e. The van der Waals surface area contributed by atoms with Gasteiger partial charge in [0.05, 0.1) is 18.8 Å². The normalized spacial score (nSPS) is 19.2. The number of fused-ring (bicyclic) bond motifs is 1. The molecule has 1 fully saturated rings. The Labute approximate surface area is 229 Å². The number of ether oxygens (including phenoxy) is 1. The summed E-state index contributed by atoms with van der Waals surface area (Å²) in [4.78, 5) is 66.1. The molecule has 4 heterocycles. The highest BCUT2D eigenvalue weighted by Crippen LogP contribution is 2.40. The summed E-state index contributed by atoms with van der Waals surface area (Å²) >= 11 is 1.84. The minimum absolute atomic E-state index is 0.0812. The molecule has 0 radical (unpaired) electrons. The number of carboxylic acids is 1. The third kappa shape index (κ3) is 6.36. The SMILES string of the molecule is CCON=C(C(=O)NC1C(=O)N2C(C(=O)[O-])=C(C[n+]3ccc(OC)cc3)CS[C@H]12)c1nsc(NP(=O)(O)O)n1. The Hall–Kier alpha value is -3.57. The van der Waals surface area contributed by atoms with Crippen molar-refractivity contribution in [2.24, 2.45) is 5.16 Å². The first-order chi connectivity index (χ1) is 18.5. The van der Waals surface area contributed by atoms with Crippen LogP contribution >= 0.6 is 31.0 Å². The molecule has 4 rings (SSSR count). The van der Waals surface area contributed by atoms with Crippen molar-refractivity contribution in [2.75, 3.05) is 24.6 Å². The van der Waals surface area contributed by atoms with E-state index in [4.69, 9.17) is 19.4 Å². The predicted molar refractivity (Wildman–Crippen MR) is 134 cm³/mol. The van der Waals surface area contributed by atoms with Crippen molar-refractivity contribution in [3.05, 3.63) is 41.6 Å². The molecule has 0 aromatic carbocycles. The first kappa shape index (κ1) is 28.4. The van der Waals surface area contributed by atoms with Crippen LogP contribution in [0.4, 0.5) is 5.13 Å². The Morgan fingerprint density at radius 2 is 2.08 bits per heavy atom. The third-order valence-corrected chi connectivity index (χ3v) is 8.00. The molecule has 16 nitrogen and oxygen atoms in total. The summed E-state index contributed by atoms with van der Waals surface area (Å²) in [6.07, 6.45) is 3.42. The second-order valence-corrected chi connectivity index (χ2v) is 11.1. The van der Waals surface area contributed by atoms with Gasteiger partial charge in [0.15, 0.2) is 18.9 Å². The van der Waals surface area contributed by atoms with E-state index in [1.807, 2.05) is 5.09 Å². The van der Waals surface area contributed by atoms with E-state index < -0.39 is 42.7 Å². The highest BCUT2D eigenvalue weighted by molar-refractivity contribution is 8.00. The van der Waals surface area contributed by atoms with Crippen LogP contribution in [0.25, 0.3) is 0 Å². The summed E-state index contributed by atoms with van der Waals surface area (Å²) < 4.78 is 21.9. The van der Waals surface area contributed by atoms with Crippen LogP contribution in [0, 0.1) is 0 Å². The van der Waals surface area contributed by atoms with Crippen molar-refractivity contribution in [2.45, 2.75) is 24.9 Å². The van der Waals surface area contributed by atoms with Gasteiger partial charge < -0.3 is 34.6 Å². The van der Waals surface area contributed by atoms with Gasteiger partial charge in [-0.1, -0.05) is 5.16 Å². The zero-order chi connectivity index (χ0) is 28.3. The van der Waals surface area contributed by atoms with Crippen LogP contribution in [0.2, 0.25) is 0 Å². The summed E-state index contributed by atoms with van der Waals surface area (Å²) in [6.45, 7) is 1.88. The van der Waals surface area contributed by atoms with E-state index in [9.17, 15) is 24.1 Å². The molecule has 0 aliphatic carbocycles. The minimum atomic E-state index is -4.67. The summed E-state index contributed by atoms with van der Waals surface area (Å²) in [5.74, 6) is -2.49. The lowest BCUT2D eigenvalue weighted by molar-refractivity contribution is -0.689. The number of oxime groups is 1. The molecule has 0 saturated carbocycles. The lowest BCUT2D eigenvalue weighted by Gasteiger charge is -2.50. The van der Waals surface area contributed by atoms with Crippen molar-refractivity contribution in [1.29, 1.82) is 0 Å². The van der Waals surface area contributed by atoms with Crippen molar-refractivity contribution >= 4 is 59.7 Å². The van der Waals surface area contributed by atoms with Crippen LogP contribution in [0.15, 0.2) is 41.0 Å². The maximum atomic E-state index is 13.0. The monoisotopic (exact) mass is 599 g/mol. The van der Waals surface area contributed by atoms with E-state index in [-0.39, 0.29) is 35.6 Å². The quantitative estimate of drug-likeness (QED) is 0.0736. The Balaban J connectivity index is 1.51. The van der Waals surface area contributed by atoms with Gasteiger partial charge in [0.25, 0.3) is 11.8 Å². The average Bonchev–Trinajstić information content (AvgIpc) is 3.33. The Morgan fingerprint density at radius 1 is 1.36 bits per heavy atom. The number of pyridine rings is 1. The number of methoxy groups -OCH3 is 1. The summed E-state index contributed by atoms with van der Waals surface area (Å²) in [5, 5.41) is 19.1. The molecule has 2 aliphatic rings. The molecular formula is C20H22N7O9PS2. The van der Waals surface area contributed by atoms with Crippen molar-refractivity contribution in [1.82, 2.24) is 19.6 Å². The van der Waals surface area contributed by atoms with Crippen LogP contribution in [-0.4, -0.2) is 78.4 Å². The summed E-state index contributed by atoms with van der Waals surface area (Å²) in [6, 6.07) is 2.33. The van der Waals surface area contributed by atoms with Crippen molar-refractivity contribution in [3.63, 3.8) is 0 Å². The molecule has 39 heavy (non-hydrogen) atoms. The number of anilines is 1. The number of hydrogen-bond donors (Lipinski definition) is 4. The fourth-order valence-electron chi connectivity index (χ4n) is 3.71. The number of hydrogen-bond acceptors (Lipinski definition) is 12. The molecule has 2 aromatic heterocycles. The lowest BCUT2D eigenvalue weighted by Crippen LogP contribution is -2.71. The number of nitrogens with zero attached hydrogens (tertiary/aromatic N) is 5. The van der Waals surface area contributed by atoms with Crippen LogP contribution in [0.5, 0.6) is 5.75 Å². The molecule has 0 spiro atoms. The zero-order valence-corrected chi connectivity index (χ0v) is 22.9. The van der Waals surface area contributed by atoms with Gasteiger partial charge >= 0.3 is 7.75 Å². The van der Waals surface area contributed by atoms with Crippen LogP contribution in [0.1, 0.15) is 12.7 Å². The van der Waals surface area contributed by atoms with E-state index >= 15 is 0 Å². The number of carboxylic acid groups (broad SMARTS) is 1. The number of rotatable bonds is 11. The number of nitrogens with one attached hydrogen (secondary N) is 2. The Kier molecular flexibility index (Phi) is 8.51. The van der Waals surface area contributed by atoms with Gasteiger partial charge in [0, 0.05) is 35.0 Å². The fraction of sp³-hybridized carbons (Fsp3) is 0.350. The van der Waals surface area contributed by atoms with Gasteiger partial charge in [-0.15, -0.1) is 11.8 Å². The highest BCUT2D eigenvalue weighted by atomic mass is 32.2. The van der Waals surface area contributed by atoms with E-state index in [0.717, 1.165) is 4.90 Å². The summed E-state index contributed by atoms with van der Waals surface area (Å²) in [7, 11) is -3.14. The first-order valence-corrected chi connectivity index (χ1v) is 14.6. The maximum absolute atomic E-state index is 13.0. The smallest absolute Gasteiger partial charge is 0.429 e. The highest BCUT2D eigenvalue weighted by Gasteiger charge is 2.53. The first-order valence-electron chi connectivity index (χ1n) is 11.1. The average molecular weight is 600 g/mol. The molecule has 2 aromatic rings. The Morgan fingerprint density at radius 3 is 2.69 bits per heavy atom. The topological polar surface area (TPSA) is 220 Å². The van der Waals surface area contributed by atoms with E-state index in [1.54, 1.807) is 36.0 Å². The standard InChI is InChI=1S/C20H22N7O9PS2/c1-3-36-23-12(15-22-20(39-25-15)24-37(32,33)34)16(28)21-13-17(29)27-14(19(30)31)10(9-38-18(13)27)8-26-6-4-11(35-2)5-7-26/h4-7,13,18H,3,8-9H2,1-2H3,(H4-,21,22,24,25,28,30,31,32,33,34)/t13?,18-/m1/s1. The molecule has 2 atom stereocenters. The van der Waals surface area contributed by atoms with Crippen LogP contribution in [0.3, 0.4) is 0 Å². The molecule has 4 N–H and O–H groups in total. The Bertz CT molecular complexity index is 1390. The fourth-order valence-corrected chi connectivity index (χ4v) is 6.29. The third-order valence-electron chi connectivity index (χ3n) is 5.38. The van der Waals surface area contributed by atoms with Gasteiger partial charge in [0.1, 0.15) is 23.8 Å². The van der Waals surface area contributed by atoms with Gasteiger partial charge in [-0.25, -0.2) is 9.13 Å². The molecule has 0 bridgehead atoms. The van der Waals surface area contributed by atoms with E-state index in [1.165, 1.54) is 18.9 Å². The number of amides is 2. The van der Waals surface area contributed by atoms with E-state index in [0.29, 0.717) is 22.9 Å². The molecule has 2 amide bonds.